The van der Waals surface area contributed by atoms with E-state index in [1.807, 2.05) is 13.8 Å². The molecule has 1 N–H and O–H groups in total. The molecule has 2 aliphatic rings. The molecule has 0 aromatic rings. The van der Waals surface area contributed by atoms with Crippen molar-refractivity contribution < 1.29 is 9.53 Å². The molecule has 1 aliphatic heterocycles. The minimum Gasteiger partial charge on any atom is -0.376 e. The second kappa shape index (κ2) is 4.25. The third kappa shape index (κ3) is 2.18. The van der Waals surface area contributed by atoms with Crippen LogP contribution < -0.4 is 5.32 Å². The van der Waals surface area contributed by atoms with Crippen molar-refractivity contribution in [1.82, 2.24) is 5.32 Å². The van der Waals surface area contributed by atoms with Crippen molar-refractivity contribution in [2.75, 3.05) is 6.61 Å². The minimum absolute atomic E-state index is 0.100. The van der Waals surface area contributed by atoms with Gasteiger partial charge in [0.15, 0.2) is 0 Å². The first-order chi connectivity index (χ1) is 7.37. The monoisotopic (exact) mass is 353 g/mol. The van der Waals surface area contributed by atoms with Crippen LogP contribution in [0.1, 0.15) is 33.1 Å². The van der Waals surface area contributed by atoms with Gasteiger partial charge in [-0.1, -0.05) is 31.9 Å². The van der Waals surface area contributed by atoms with Gasteiger partial charge in [0.25, 0.3) is 0 Å². The molecule has 1 amide bonds. The molecule has 3 atom stereocenters. The molecule has 0 radical (unpaired) electrons. The lowest BCUT2D eigenvalue weighted by atomic mass is 10.1. The van der Waals surface area contributed by atoms with Crippen molar-refractivity contribution in [3.05, 3.63) is 0 Å². The molecule has 2 rings (SSSR count). The van der Waals surface area contributed by atoms with E-state index in [2.05, 4.69) is 37.2 Å². The molecule has 0 aromatic heterocycles. The van der Waals surface area contributed by atoms with Crippen molar-refractivity contribution in [2.45, 2.75) is 48.5 Å². The fourth-order valence-corrected chi connectivity index (χ4v) is 3.58. The quantitative estimate of drug-likeness (QED) is 0.791. The summed E-state index contributed by atoms with van der Waals surface area (Å²) in [5.74, 6) is 0.101. The van der Waals surface area contributed by atoms with E-state index in [9.17, 15) is 4.79 Å². The first-order valence-electron chi connectivity index (χ1n) is 5.67. The van der Waals surface area contributed by atoms with E-state index < -0.39 is 0 Å². The predicted molar refractivity (Wildman–Crippen MR) is 69.9 cm³/mol. The number of hydrogen-bond donors (Lipinski definition) is 1. The minimum atomic E-state index is -0.333. The highest BCUT2D eigenvalue weighted by Crippen LogP contribution is 2.66. The lowest BCUT2D eigenvalue weighted by Crippen LogP contribution is -2.44. The summed E-state index contributed by atoms with van der Waals surface area (Å²) in [6.07, 6.45) is 3.16. The summed E-state index contributed by atoms with van der Waals surface area (Å²) in [7, 11) is 0. The van der Waals surface area contributed by atoms with Crippen molar-refractivity contribution in [1.29, 1.82) is 0 Å². The molecular formula is C11H17Br2NO2. The Hall–Kier alpha value is 0.390. The highest BCUT2D eigenvalue weighted by molar-refractivity contribution is 9.25. The second-order valence-corrected chi connectivity index (χ2v) is 8.80. The molecule has 3 nitrogen and oxygen atoms in total. The number of nitrogens with one attached hydrogen (secondary N) is 1. The Labute approximate surface area is 113 Å². The van der Waals surface area contributed by atoms with Crippen LogP contribution in [0.5, 0.6) is 0 Å². The third-order valence-corrected chi connectivity index (χ3v) is 5.95. The molecule has 1 aliphatic carbocycles. The van der Waals surface area contributed by atoms with Crippen LogP contribution in [0.4, 0.5) is 0 Å². The Morgan fingerprint density at radius 2 is 2.19 bits per heavy atom. The van der Waals surface area contributed by atoms with Crippen molar-refractivity contribution in [3.63, 3.8) is 0 Å². The van der Waals surface area contributed by atoms with Crippen LogP contribution in [-0.4, -0.2) is 27.9 Å². The number of alkyl halides is 2. The molecule has 5 heteroatoms. The molecule has 2 fully saturated rings. The molecule has 0 bridgehead atoms. The van der Waals surface area contributed by atoms with Crippen LogP contribution in [0.3, 0.4) is 0 Å². The SMILES string of the molecule is CC(NC(=O)C1(C)CC1(Br)Br)C1CCCO1. The van der Waals surface area contributed by atoms with E-state index in [1.54, 1.807) is 0 Å². The van der Waals surface area contributed by atoms with E-state index in [0.29, 0.717) is 0 Å². The van der Waals surface area contributed by atoms with Crippen LogP contribution >= 0.6 is 31.9 Å². The fraction of sp³-hybridized carbons (Fsp3) is 0.909. The Morgan fingerprint density at radius 1 is 1.56 bits per heavy atom. The average Bonchev–Trinajstić information content (AvgIpc) is 2.63. The van der Waals surface area contributed by atoms with Crippen molar-refractivity contribution in [3.8, 4) is 0 Å². The van der Waals surface area contributed by atoms with E-state index in [0.717, 1.165) is 25.9 Å². The zero-order chi connectivity index (χ0) is 12.0. The zero-order valence-electron chi connectivity index (χ0n) is 9.56. The highest BCUT2D eigenvalue weighted by atomic mass is 79.9. The summed E-state index contributed by atoms with van der Waals surface area (Å²) < 4.78 is 5.35. The van der Waals surface area contributed by atoms with Crippen LogP contribution in [0.15, 0.2) is 0 Å². The molecule has 92 valence electrons. The molecular weight excluding hydrogens is 338 g/mol. The van der Waals surface area contributed by atoms with Crippen LogP contribution in [0.2, 0.25) is 0 Å². The summed E-state index contributed by atoms with van der Waals surface area (Å²) in [6.45, 7) is 4.81. The normalized spacial score (nSPS) is 38.1. The van der Waals surface area contributed by atoms with Gasteiger partial charge in [0.05, 0.1) is 20.8 Å². The van der Waals surface area contributed by atoms with Gasteiger partial charge in [-0.2, -0.15) is 0 Å². The summed E-state index contributed by atoms with van der Waals surface area (Å²) >= 11 is 7.01. The topological polar surface area (TPSA) is 38.3 Å². The summed E-state index contributed by atoms with van der Waals surface area (Å²) in [5.41, 5.74) is -0.333. The number of amides is 1. The molecule has 16 heavy (non-hydrogen) atoms. The van der Waals surface area contributed by atoms with E-state index >= 15 is 0 Å². The Balaban J connectivity index is 1.88. The number of rotatable bonds is 3. The predicted octanol–water partition coefficient (Wildman–Crippen LogP) is 2.57. The molecule has 0 aromatic carbocycles. The Bertz CT molecular complexity index is 302. The van der Waals surface area contributed by atoms with Crippen molar-refractivity contribution in [2.24, 2.45) is 5.41 Å². The number of hydrogen-bond acceptors (Lipinski definition) is 2. The van der Waals surface area contributed by atoms with E-state index in [-0.39, 0.29) is 26.7 Å². The van der Waals surface area contributed by atoms with Gasteiger partial charge in [-0.05, 0) is 33.1 Å². The van der Waals surface area contributed by atoms with E-state index in [1.165, 1.54) is 0 Å². The summed E-state index contributed by atoms with van der Waals surface area (Å²) in [6, 6.07) is 0.100. The van der Waals surface area contributed by atoms with E-state index in [4.69, 9.17) is 4.74 Å². The van der Waals surface area contributed by atoms with Crippen molar-refractivity contribution >= 4 is 37.8 Å². The largest absolute Gasteiger partial charge is 0.376 e. The number of carbonyl (C=O) groups is 1. The lowest BCUT2D eigenvalue weighted by Gasteiger charge is -2.22. The number of ether oxygens (including phenoxy) is 1. The second-order valence-electron chi connectivity index (χ2n) is 5.03. The van der Waals surface area contributed by atoms with Gasteiger partial charge >= 0.3 is 0 Å². The van der Waals surface area contributed by atoms with Gasteiger partial charge in [0, 0.05) is 6.61 Å². The van der Waals surface area contributed by atoms with Gasteiger partial charge in [0.2, 0.25) is 5.91 Å². The smallest absolute Gasteiger partial charge is 0.228 e. The molecule has 1 saturated heterocycles. The number of halogens is 2. The van der Waals surface area contributed by atoms with Gasteiger partial charge in [-0.15, -0.1) is 0 Å². The average molecular weight is 355 g/mol. The standard InChI is InChI=1S/C11H17Br2NO2/c1-7(8-4-3-5-16-8)14-9(15)10(2)6-11(10,12)13/h7-8H,3-6H2,1-2H3,(H,14,15). The highest BCUT2D eigenvalue weighted by Gasteiger charge is 2.66. The summed E-state index contributed by atoms with van der Waals surface area (Å²) in [5, 5.41) is 3.06. The van der Waals surface area contributed by atoms with Crippen LogP contribution in [0, 0.1) is 5.41 Å². The third-order valence-electron chi connectivity index (χ3n) is 3.64. The van der Waals surface area contributed by atoms with Gasteiger partial charge in [-0.3, -0.25) is 4.79 Å². The Morgan fingerprint density at radius 3 is 2.62 bits per heavy atom. The Kier molecular flexibility index (Phi) is 3.41. The first kappa shape index (κ1) is 12.8. The maximum absolute atomic E-state index is 12.1. The number of carbonyl (C=O) groups excluding carboxylic acids is 1. The lowest BCUT2D eigenvalue weighted by molar-refractivity contribution is -0.127. The molecule has 1 heterocycles. The maximum Gasteiger partial charge on any atom is 0.228 e. The molecule has 0 spiro atoms. The first-order valence-corrected chi connectivity index (χ1v) is 7.26. The fourth-order valence-electron chi connectivity index (χ4n) is 2.10. The van der Waals surface area contributed by atoms with Gasteiger partial charge < -0.3 is 10.1 Å². The van der Waals surface area contributed by atoms with Gasteiger partial charge in [-0.25, -0.2) is 0 Å². The zero-order valence-corrected chi connectivity index (χ0v) is 12.7. The van der Waals surface area contributed by atoms with Crippen LogP contribution in [0.25, 0.3) is 0 Å². The van der Waals surface area contributed by atoms with Gasteiger partial charge in [0.1, 0.15) is 0 Å². The maximum atomic E-state index is 12.1. The molecule has 1 saturated carbocycles. The molecule has 3 unspecified atom stereocenters. The summed E-state index contributed by atoms with van der Waals surface area (Å²) in [4.78, 5) is 12.1. The van der Waals surface area contributed by atoms with Crippen LogP contribution in [-0.2, 0) is 9.53 Å².